The zero-order chi connectivity index (χ0) is 15.0. The summed E-state index contributed by atoms with van der Waals surface area (Å²) in [5, 5.41) is 7.95. The summed E-state index contributed by atoms with van der Waals surface area (Å²) in [7, 11) is 1.65. The quantitative estimate of drug-likeness (QED) is 0.721. The molecule has 0 radical (unpaired) electrons. The van der Waals surface area contributed by atoms with E-state index in [4.69, 9.17) is 0 Å². The number of anilines is 3. The molecule has 2 heterocycles. The number of halogens is 3. The molecule has 108 valence electrons. The third-order valence-corrected chi connectivity index (χ3v) is 3.62. The molecule has 0 amide bonds. The molecule has 0 bridgehead atoms. The van der Waals surface area contributed by atoms with E-state index in [0.717, 1.165) is 6.07 Å². The third-order valence-electron chi connectivity index (χ3n) is 2.81. The largest absolute Gasteiger partial charge is 0.357 e. The molecule has 2 aromatic heterocycles. The second-order valence-electron chi connectivity index (χ2n) is 4.16. The Morgan fingerprint density at radius 2 is 1.81 bits per heavy atom. The highest BCUT2D eigenvalue weighted by Crippen LogP contribution is 2.30. The van der Waals surface area contributed by atoms with Crippen molar-refractivity contribution >= 4 is 39.0 Å². The van der Waals surface area contributed by atoms with Crippen molar-refractivity contribution in [1.82, 2.24) is 9.97 Å². The highest BCUT2D eigenvalue weighted by atomic mass is 32.1. The van der Waals surface area contributed by atoms with Gasteiger partial charge in [-0.2, -0.15) is 4.98 Å². The van der Waals surface area contributed by atoms with Gasteiger partial charge in [-0.05, 0) is 11.4 Å². The summed E-state index contributed by atoms with van der Waals surface area (Å²) in [4.78, 5) is 9.10. The molecule has 8 heteroatoms. The van der Waals surface area contributed by atoms with Crippen LogP contribution in [0.3, 0.4) is 0 Å². The number of nitrogens with one attached hydrogen (secondary N) is 2. The highest BCUT2D eigenvalue weighted by molar-refractivity contribution is 7.16. The molecular formula is C13H9F3N4S. The lowest BCUT2D eigenvalue weighted by Gasteiger charge is -2.10. The number of fused-ring (bicyclic) bond motifs is 1. The smallest absolute Gasteiger partial charge is 0.225 e. The Morgan fingerprint density at radius 3 is 2.57 bits per heavy atom. The molecule has 1 aromatic carbocycles. The van der Waals surface area contributed by atoms with E-state index >= 15 is 0 Å². The number of aromatic nitrogens is 2. The van der Waals surface area contributed by atoms with Crippen molar-refractivity contribution in [2.45, 2.75) is 0 Å². The molecule has 2 N–H and O–H groups in total. The van der Waals surface area contributed by atoms with Crippen LogP contribution in [-0.4, -0.2) is 17.0 Å². The van der Waals surface area contributed by atoms with Crippen molar-refractivity contribution in [2.24, 2.45) is 0 Å². The number of hydrogen-bond acceptors (Lipinski definition) is 5. The van der Waals surface area contributed by atoms with Gasteiger partial charge >= 0.3 is 0 Å². The second kappa shape index (κ2) is 5.21. The zero-order valence-electron chi connectivity index (χ0n) is 10.7. The van der Waals surface area contributed by atoms with Crippen LogP contribution in [0.2, 0.25) is 0 Å². The maximum Gasteiger partial charge on any atom is 0.225 e. The maximum atomic E-state index is 13.7. The first-order valence-corrected chi connectivity index (χ1v) is 6.81. The minimum absolute atomic E-state index is 0.192. The number of nitrogens with zero attached hydrogens (tertiary/aromatic N) is 2. The van der Waals surface area contributed by atoms with Crippen LogP contribution < -0.4 is 10.6 Å². The lowest BCUT2D eigenvalue weighted by atomic mass is 10.2. The molecule has 0 saturated heterocycles. The average molecular weight is 310 g/mol. The van der Waals surface area contributed by atoms with Crippen LogP contribution in [-0.2, 0) is 0 Å². The van der Waals surface area contributed by atoms with Crippen molar-refractivity contribution in [3.8, 4) is 0 Å². The van der Waals surface area contributed by atoms with Gasteiger partial charge in [0.2, 0.25) is 5.95 Å². The molecule has 0 spiro atoms. The van der Waals surface area contributed by atoms with Gasteiger partial charge in [0.1, 0.15) is 16.5 Å². The molecule has 21 heavy (non-hydrogen) atoms. The van der Waals surface area contributed by atoms with E-state index < -0.39 is 17.5 Å². The molecule has 4 nitrogen and oxygen atoms in total. The number of rotatable bonds is 3. The van der Waals surface area contributed by atoms with Crippen LogP contribution in [0.25, 0.3) is 10.2 Å². The number of benzene rings is 1. The van der Waals surface area contributed by atoms with Crippen LogP contribution >= 0.6 is 11.3 Å². The van der Waals surface area contributed by atoms with Gasteiger partial charge < -0.3 is 10.6 Å². The molecule has 0 unspecified atom stereocenters. The normalized spacial score (nSPS) is 10.9. The predicted molar refractivity (Wildman–Crippen MR) is 76.6 cm³/mol. The zero-order valence-corrected chi connectivity index (χ0v) is 11.6. The molecule has 0 aliphatic rings. The third kappa shape index (κ3) is 2.49. The average Bonchev–Trinajstić information content (AvgIpc) is 2.93. The minimum Gasteiger partial charge on any atom is -0.357 e. The number of thiophene rings is 1. The molecule has 0 aliphatic heterocycles. The molecule has 0 saturated carbocycles. The first kappa shape index (κ1) is 13.6. The van der Waals surface area contributed by atoms with Gasteiger partial charge in [0.25, 0.3) is 0 Å². The topological polar surface area (TPSA) is 49.8 Å². The highest BCUT2D eigenvalue weighted by Gasteiger charge is 2.13. The minimum atomic E-state index is -1.24. The van der Waals surface area contributed by atoms with Crippen molar-refractivity contribution in [3.63, 3.8) is 0 Å². The van der Waals surface area contributed by atoms with Crippen LogP contribution in [0.15, 0.2) is 23.6 Å². The Balaban J connectivity index is 2.09. The van der Waals surface area contributed by atoms with E-state index in [2.05, 4.69) is 20.6 Å². The van der Waals surface area contributed by atoms with E-state index in [1.165, 1.54) is 11.3 Å². The summed E-state index contributed by atoms with van der Waals surface area (Å²) < 4.78 is 39.9. The van der Waals surface area contributed by atoms with Gasteiger partial charge in [-0.15, -0.1) is 11.3 Å². The monoisotopic (exact) mass is 310 g/mol. The Hall–Kier alpha value is -2.35. The summed E-state index contributed by atoms with van der Waals surface area (Å²) in [6.07, 6.45) is 0. The van der Waals surface area contributed by atoms with E-state index in [-0.39, 0.29) is 5.69 Å². The Bertz CT molecular complexity index is 819. The Kier molecular flexibility index (Phi) is 3.38. The van der Waals surface area contributed by atoms with Gasteiger partial charge in [-0.1, -0.05) is 0 Å². The van der Waals surface area contributed by atoms with Crippen LogP contribution in [0, 0.1) is 17.5 Å². The Morgan fingerprint density at radius 1 is 1.05 bits per heavy atom. The molecule has 3 rings (SSSR count). The lowest BCUT2D eigenvalue weighted by molar-refractivity contribution is 0.496. The second-order valence-corrected chi connectivity index (χ2v) is 5.05. The molecule has 0 fully saturated rings. The van der Waals surface area contributed by atoms with Gasteiger partial charge in [0.15, 0.2) is 11.6 Å². The van der Waals surface area contributed by atoms with Crippen molar-refractivity contribution in [3.05, 3.63) is 41.0 Å². The van der Waals surface area contributed by atoms with Gasteiger partial charge in [-0.3, -0.25) is 0 Å². The van der Waals surface area contributed by atoms with Gasteiger partial charge in [0.05, 0.1) is 11.1 Å². The first-order valence-electron chi connectivity index (χ1n) is 5.93. The van der Waals surface area contributed by atoms with Gasteiger partial charge in [-0.25, -0.2) is 18.2 Å². The Labute approximate surface area is 121 Å². The summed E-state index contributed by atoms with van der Waals surface area (Å²) in [6.45, 7) is 0. The molecular weight excluding hydrogens is 301 g/mol. The SMILES string of the molecule is CNc1nc(Nc2cc(F)c(F)cc2F)c2ccsc2n1. The molecule has 0 atom stereocenters. The summed E-state index contributed by atoms with van der Waals surface area (Å²) >= 11 is 1.39. The van der Waals surface area contributed by atoms with Crippen molar-refractivity contribution in [2.75, 3.05) is 17.7 Å². The van der Waals surface area contributed by atoms with Crippen LogP contribution in [0.1, 0.15) is 0 Å². The van der Waals surface area contributed by atoms with E-state index in [1.807, 2.05) is 5.38 Å². The summed E-state index contributed by atoms with van der Waals surface area (Å²) in [5.41, 5.74) is -0.192. The standard InChI is InChI=1S/C13H9F3N4S/c1-17-13-19-11(6-2-3-21-12(6)20-13)18-10-5-8(15)7(14)4-9(10)16/h2-5H,1H3,(H2,17,18,19,20). The van der Waals surface area contributed by atoms with Crippen molar-refractivity contribution < 1.29 is 13.2 Å². The van der Waals surface area contributed by atoms with Crippen LogP contribution in [0.4, 0.5) is 30.6 Å². The molecule has 0 aliphatic carbocycles. The van der Waals surface area contributed by atoms with E-state index in [9.17, 15) is 13.2 Å². The van der Waals surface area contributed by atoms with E-state index in [1.54, 1.807) is 13.1 Å². The maximum absolute atomic E-state index is 13.7. The molecule has 3 aromatic rings. The first-order chi connectivity index (χ1) is 10.1. The van der Waals surface area contributed by atoms with Crippen LogP contribution in [0.5, 0.6) is 0 Å². The lowest BCUT2D eigenvalue weighted by Crippen LogP contribution is -2.03. The van der Waals surface area contributed by atoms with Gasteiger partial charge in [0, 0.05) is 19.2 Å². The fourth-order valence-corrected chi connectivity index (χ4v) is 2.57. The van der Waals surface area contributed by atoms with Crippen molar-refractivity contribution in [1.29, 1.82) is 0 Å². The summed E-state index contributed by atoms with van der Waals surface area (Å²) in [5.74, 6) is -2.62. The number of hydrogen-bond donors (Lipinski definition) is 2. The fraction of sp³-hybridized carbons (Fsp3) is 0.0769. The summed E-state index contributed by atoms with van der Waals surface area (Å²) in [6, 6.07) is 3.01. The predicted octanol–water partition coefficient (Wildman–Crippen LogP) is 3.89. The van der Waals surface area contributed by atoms with E-state index in [0.29, 0.717) is 28.0 Å². The fourth-order valence-electron chi connectivity index (χ4n) is 1.81.